The molecule has 0 spiro atoms. The molecule has 4 heteroatoms. The topological polar surface area (TPSA) is 29.5 Å². The molecule has 0 bridgehead atoms. The van der Waals surface area contributed by atoms with Crippen LogP contribution in [-0.4, -0.2) is 18.8 Å². The molecule has 1 aliphatic heterocycles. The van der Waals surface area contributed by atoms with Crippen molar-refractivity contribution in [2.24, 2.45) is 0 Å². The van der Waals surface area contributed by atoms with Crippen LogP contribution >= 0.6 is 11.8 Å². The maximum absolute atomic E-state index is 12.4. The van der Waals surface area contributed by atoms with Gasteiger partial charge in [-0.3, -0.25) is 9.69 Å². The quantitative estimate of drug-likeness (QED) is 0.822. The first kappa shape index (κ1) is 15.9. The minimum absolute atomic E-state index is 0.0384. The molecule has 0 aliphatic carbocycles. The van der Waals surface area contributed by atoms with Crippen LogP contribution in [0.2, 0.25) is 0 Å². The second-order valence-electron chi connectivity index (χ2n) is 5.92. The van der Waals surface area contributed by atoms with E-state index in [1.54, 1.807) is 18.9 Å². The van der Waals surface area contributed by atoms with Crippen LogP contribution in [0.4, 0.5) is 5.69 Å². The van der Waals surface area contributed by atoms with Crippen molar-refractivity contribution in [1.29, 1.82) is 0 Å². The first-order valence-electron chi connectivity index (χ1n) is 7.78. The van der Waals surface area contributed by atoms with E-state index in [-0.39, 0.29) is 11.3 Å². The lowest BCUT2D eigenvalue weighted by atomic mass is 10.0. The van der Waals surface area contributed by atoms with Crippen molar-refractivity contribution in [3.63, 3.8) is 0 Å². The molecule has 0 aromatic heterocycles. The number of benzene rings is 2. The van der Waals surface area contributed by atoms with Gasteiger partial charge in [-0.25, -0.2) is 0 Å². The standard InChI is InChI=1S/C19H21NO2S/c1-13(2)14-8-10-15(11-9-14)20-18(21)12-23-19(20)16-6-4-5-7-17(16)22-3/h4-11,13,19H,12H2,1-3H3/t19-/m1/s1. The number of hydrogen-bond donors (Lipinski definition) is 0. The molecule has 1 heterocycles. The molecule has 0 unspecified atom stereocenters. The third-order valence-corrected chi connectivity index (χ3v) is 5.30. The number of thioether (sulfide) groups is 1. The second-order valence-corrected chi connectivity index (χ2v) is 6.98. The lowest BCUT2D eigenvalue weighted by Gasteiger charge is -2.26. The molecule has 1 amide bonds. The molecule has 0 radical (unpaired) electrons. The number of amides is 1. The number of ether oxygens (including phenoxy) is 1. The van der Waals surface area contributed by atoms with Gasteiger partial charge in [0.05, 0.1) is 12.9 Å². The Morgan fingerprint density at radius 3 is 2.48 bits per heavy atom. The van der Waals surface area contributed by atoms with E-state index < -0.39 is 0 Å². The Hall–Kier alpha value is -1.94. The van der Waals surface area contributed by atoms with E-state index in [4.69, 9.17) is 4.74 Å². The Morgan fingerprint density at radius 1 is 1.13 bits per heavy atom. The number of rotatable bonds is 4. The molecule has 3 nitrogen and oxygen atoms in total. The molecule has 2 aromatic carbocycles. The Morgan fingerprint density at radius 2 is 1.83 bits per heavy atom. The Kier molecular flexibility index (Phi) is 4.62. The summed E-state index contributed by atoms with van der Waals surface area (Å²) in [5, 5.41) is -0.0384. The number of hydrogen-bond acceptors (Lipinski definition) is 3. The SMILES string of the molecule is COc1ccccc1[C@H]1SCC(=O)N1c1ccc(C(C)C)cc1. The van der Waals surface area contributed by atoms with Gasteiger partial charge in [0.25, 0.3) is 0 Å². The van der Waals surface area contributed by atoms with Gasteiger partial charge in [-0.1, -0.05) is 44.2 Å². The van der Waals surface area contributed by atoms with Gasteiger partial charge in [-0.2, -0.15) is 0 Å². The summed E-state index contributed by atoms with van der Waals surface area (Å²) in [5.41, 5.74) is 3.26. The number of carbonyl (C=O) groups is 1. The molecule has 3 rings (SSSR count). The molecule has 0 saturated carbocycles. The molecule has 23 heavy (non-hydrogen) atoms. The number of methoxy groups -OCH3 is 1. The summed E-state index contributed by atoms with van der Waals surface area (Å²) in [7, 11) is 1.67. The van der Waals surface area contributed by atoms with Crippen LogP contribution in [0.25, 0.3) is 0 Å². The third-order valence-electron chi connectivity index (χ3n) is 4.11. The monoisotopic (exact) mass is 327 g/mol. The van der Waals surface area contributed by atoms with E-state index in [1.165, 1.54) is 5.56 Å². The van der Waals surface area contributed by atoms with Crippen molar-refractivity contribution >= 4 is 23.4 Å². The molecular formula is C19H21NO2S. The fraction of sp³-hybridized carbons (Fsp3) is 0.316. The second kappa shape index (κ2) is 6.67. The Labute approximate surface area is 141 Å². The van der Waals surface area contributed by atoms with E-state index in [9.17, 15) is 4.79 Å². The van der Waals surface area contributed by atoms with Gasteiger partial charge in [0.1, 0.15) is 11.1 Å². The van der Waals surface area contributed by atoms with E-state index in [0.29, 0.717) is 11.7 Å². The van der Waals surface area contributed by atoms with Gasteiger partial charge in [0.15, 0.2) is 0 Å². The van der Waals surface area contributed by atoms with Crippen LogP contribution in [0.3, 0.4) is 0 Å². The zero-order valence-electron chi connectivity index (χ0n) is 13.7. The maximum atomic E-state index is 12.4. The number of nitrogens with zero attached hydrogens (tertiary/aromatic N) is 1. The predicted molar refractivity (Wildman–Crippen MR) is 96.2 cm³/mol. The van der Waals surface area contributed by atoms with Crippen LogP contribution < -0.4 is 9.64 Å². The maximum Gasteiger partial charge on any atom is 0.238 e. The van der Waals surface area contributed by atoms with E-state index in [1.807, 2.05) is 41.3 Å². The van der Waals surface area contributed by atoms with Crippen molar-refractivity contribution in [1.82, 2.24) is 0 Å². The normalized spacial score (nSPS) is 17.8. The summed E-state index contributed by atoms with van der Waals surface area (Å²) in [6.45, 7) is 4.34. The van der Waals surface area contributed by atoms with E-state index in [0.717, 1.165) is 17.0 Å². The summed E-state index contributed by atoms with van der Waals surface area (Å²) in [6.07, 6.45) is 0. The lowest BCUT2D eigenvalue weighted by Crippen LogP contribution is -2.28. The largest absolute Gasteiger partial charge is 0.496 e. The molecular weight excluding hydrogens is 306 g/mol. The van der Waals surface area contributed by atoms with Crippen LogP contribution in [0.15, 0.2) is 48.5 Å². The average Bonchev–Trinajstić information content (AvgIpc) is 2.96. The van der Waals surface area contributed by atoms with Crippen molar-refractivity contribution in [2.75, 3.05) is 17.8 Å². The lowest BCUT2D eigenvalue weighted by molar-refractivity contribution is -0.115. The highest BCUT2D eigenvalue weighted by Crippen LogP contribution is 2.44. The highest BCUT2D eigenvalue weighted by Gasteiger charge is 2.35. The first-order valence-corrected chi connectivity index (χ1v) is 8.83. The molecule has 1 atom stereocenters. The predicted octanol–water partition coefficient (Wildman–Crippen LogP) is 4.60. The van der Waals surface area contributed by atoms with Gasteiger partial charge < -0.3 is 4.74 Å². The van der Waals surface area contributed by atoms with Crippen LogP contribution in [-0.2, 0) is 4.79 Å². The van der Waals surface area contributed by atoms with Crippen LogP contribution in [0.5, 0.6) is 5.75 Å². The molecule has 0 N–H and O–H groups in total. The molecule has 120 valence electrons. The highest BCUT2D eigenvalue weighted by atomic mass is 32.2. The molecule has 1 fully saturated rings. The fourth-order valence-electron chi connectivity index (χ4n) is 2.82. The Bertz CT molecular complexity index is 697. The molecule has 1 aliphatic rings. The van der Waals surface area contributed by atoms with E-state index in [2.05, 4.69) is 26.0 Å². The minimum Gasteiger partial charge on any atom is -0.496 e. The minimum atomic E-state index is -0.0384. The molecule has 2 aromatic rings. The van der Waals surface area contributed by atoms with Crippen molar-refractivity contribution in [3.05, 3.63) is 59.7 Å². The van der Waals surface area contributed by atoms with Crippen LogP contribution in [0, 0.1) is 0 Å². The number of carbonyl (C=O) groups excluding carboxylic acids is 1. The summed E-state index contributed by atoms with van der Waals surface area (Å²) in [6, 6.07) is 16.2. The summed E-state index contributed by atoms with van der Waals surface area (Å²) in [5.74, 6) is 1.94. The van der Waals surface area contributed by atoms with Crippen molar-refractivity contribution in [2.45, 2.75) is 25.1 Å². The van der Waals surface area contributed by atoms with Gasteiger partial charge in [-0.15, -0.1) is 11.8 Å². The number of para-hydroxylation sites is 1. The highest BCUT2D eigenvalue weighted by molar-refractivity contribution is 8.00. The zero-order valence-corrected chi connectivity index (χ0v) is 14.5. The Balaban J connectivity index is 1.97. The van der Waals surface area contributed by atoms with E-state index >= 15 is 0 Å². The van der Waals surface area contributed by atoms with Crippen LogP contribution in [0.1, 0.15) is 36.3 Å². The van der Waals surface area contributed by atoms with Gasteiger partial charge in [0.2, 0.25) is 5.91 Å². The summed E-state index contributed by atoms with van der Waals surface area (Å²) >= 11 is 1.64. The van der Waals surface area contributed by atoms with Crippen molar-refractivity contribution < 1.29 is 9.53 Å². The molecule has 1 saturated heterocycles. The van der Waals surface area contributed by atoms with Gasteiger partial charge in [-0.05, 0) is 29.7 Å². The average molecular weight is 327 g/mol. The zero-order chi connectivity index (χ0) is 16.4. The van der Waals surface area contributed by atoms with Gasteiger partial charge in [0, 0.05) is 11.3 Å². The van der Waals surface area contributed by atoms with Gasteiger partial charge >= 0.3 is 0 Å². The summed E-state index contributed by atoms with van der Waals surface area (Å²) < 4.78 is 5.48. The fourth-order valence-corrected chi connectivity index (χ4v) is 4.03. The van der Waals surface area contributed by atoms with Crippen molar-refractivity contribution in [3.8, 4) is 5.75 Å². The smallest absolute Gasteiger partial charge is 0.238 e. The third kappa shape index (κ3) is 3.08. The number of anilines is 1. The first-order chi connectivity index (χ1) is 11.1. The summed E-state index contributed by atoms with van der Waals surface area (Å²) in [4.78, 5) is 14.3.